The number of hydrogen-bond donors (Lipinski definition) is 2. The fourth-order valence-corrected chi connectivity index (χ4v) is 1.40. The second-order valence-electron chi connectivity index (χ2n) is 2.84. The molecule has 0 amide bonds. The van der Waals surface area contributed by atoms with E-state index >= 15 is 0 Å². The third-order valence-corrected chi connectivity index (χ3v) is 2.14. The maximum Gasteiger partial charge on any atom is 0.333 e. The van der Waals surface area contributed by atoms with E-state index in [0.29, 0.717) is 0 Å². The number of ether oxygens (including phenoxy) is 1. The molecule has 0 aromatic heterocycles. The molecule has 0 saturated carbocycles. The zero-order valence-corrected chi connectivity index (χ0v) is 8.45. The minimum Gasteiger partial charge on any atom is -0.459 e. The van der Waals surface area contributed by atoms with E-state index in [0.717, 1.165) is 0 Å². The van der Waals surface area contributed by atoms with E-state index in [1.54, 1.807) is 0 Å². The van der Waals surface area contributed by atoms with Crippen molar-refractivity contribution in [1.29, 1.82) is 0 Å². The summed E-state index contributed by atoms with van der Waals surface area (Å²) in [6.07, 6.45) is -1.27. The molecule has 0 aromatic carbocycles. The molecule has 6 heteroatoms. The predicted octanol–water partition coefficient (Wildman–Crippen LogP) is 0.672. The monoisotopic (exact) mass is 208 g/mol. The Bertz CT molecular complexity index is 254. The summed E-state index contributed by atoms with van der Waals surface area (Å²) in [5.41, 5.74) is 0.206. The topological polar surface area (TPSA) is 83.8 Å². The van der Waals surface area contributed by atoms with Gasteiger partial charge in [0.1, 0.15) is 6.10 Å². The maximum atomic E-state index is 10.9. The van der Waals surface area contributed by atoms with E-state index in [9.17, 15) is 9.36 Å². The molecule has 1 atom stereocenters. The van der Waals surface area contributed by atoms with E-state index in [1.807, 2.05) is 0 Å². The Morgan fingerprint density at radius 3 is 2.38 bits per heavy atom. The van der Waals surface area contributed by atoms with Gasteiger partial charge in [0, 0.05) is 5.57 Å². The summed E-state index contributed by atoms with van der Waals surface area (Å²) >= 11 is 0. The minimum atomic E-state index is -4.12. The zero-order chi connectivity index (χ0) is 10.6. The van der Waals surface area contributed by atoms with Crippen molar-refractivity contribution in [2.75, 3.05) is 6.16 Å². The molecule has 0 bridgehead atoms. The highest BCUT2D eigenvalue weighted by Gasteiger charge is 2.20. The largest absolute Gasteiger partial charge is 0.459 e. The van der Waals surface area contributed by atoms with Gasteiger partial charge in [-0.1, -0.05) is 6.58 Å². The summed E-state index contributed by atoms with van der Waals surface area (Å²) < 4.78 is 15.1. The molecule has 5 nitrogen and oxygen atoms in total. The molecule has 0 rings (SSSR count). The number of esters is 1. The molecule has 0 saturated heterocycles. The van der Waals surface area contributed by atoms with Crippen LogP contribution in [0.3, 0.4) is 0 Å². The molecule has 13 heavy (non-hydrogen) atoms. The third-order valence-electron chi connectivity index (χ3n) is 1.15. The van der Waals surface area contributed by atoms with Crippen molar-refractivity contribution in [3.05, 3.63) is 12.2 Å². The van der Waals surface area contributed by atoms with Crippen LogP contribution in [0, 0.1) is 0 Å². The molecular weight excluding hydrogens is 195 g/mol. The summed E-state index contributed by atoms with van der Waals surface area (Å²) in [5, 5.41) is 0. The van der Waals surface area contributed by atoms with Gasteiger partial charge in [-0.05, 0) is 13.8 Å². The summed E-state index contributed by atoms with van der Waals surface area (Å²) in [6.45, 7) is 6.22. The van der Waals surface area contributed by atoms with Crippen LogP contribution in [0.2, 0.25) is 0 Å². The lowest BCUT2D eigenvalue weighted by Crippen LogP contribution is -2.18. The number of carbonyl (C=O) groups is 1. The van der Waals surface area contributed by atoms with Crippen molar-refractivity contribution in [1.82, 2.24) is 0 Å². The molecule has 0 aliphatic carbocycles. The van der Waals surface area contributed by atoms with Gasteiger partial charge >= 0.3 is 13.6 Å². The van der Waals surface area contributed by atoms with Gasteiger partial charge < -0.3 is 14.5 Å². The highest BCUT2D eigenvalue weighted by atomic mass is 31.2. The second-order valence-corrected chi connectivity index (χ2v) is 4.54. The summed E-state index contributed by atoms with van der Waals surface area (Å²) in [7, 11) is -4.12. The third kappa shape index (κ3) is 6.51. The van der Waals surface area contributed by atoms with Crippen molar-refractivity contribution < 1.29 is 23.9 Å². The molecule has 0 aliphatic heterocycles. The van der Waals surface area contributed by atoms with Gasteiger partial charge in [0.25, 0.3) is 0 Å². The van der Waals surface area contributed by atoms with Crippen LogP contribution in [0.15, 0.2) is 12.2 Å². The van der Waals surface area contributed by atoms with E-state index in [4.69, 9.17) is 9.79 Å². The van der Waals surface area contributed by atoms with E-state index in [-0.39, 0.29) is 5.57 Å². The standard InChI is InChI=1S/C7H13O5P/c1-5(2)7(8)12-6(3)4-13(9,10)11/h6H,1,4H2,2-3H3,(H2,9,10,11). The average molecular weight is 208 g/mol. The number of rotatable bonds is 4. The van der Waals surface area contributed by atoms with Gasteiger partial charge in [-0.3, -0.25) is 4.57 Å². The smallest absolute Gasteiger partial charge is 0.333 e. The molecular formula is C7H13O5P. The van der Waals surface area contributed by atoms with Crippen molar-refractivity contribution in [3.63, 3.8) is 0 Å². The van der Waals surface area contributed by atoms with Gasteiger partial charge in [0.15, 0.2) is 0 Å². The van der Waals surface area contributed by atoms with Gasteiger partial charge in [-0.15, -0.1) is 0 Å². The minimum absolute atomic E-state index is 0.206. The highest BCUT2D eigenvalue weighted by Crippen LogP contribution is 2.35. The molecule has 1 unspecified atom stereocenters. The van der Waals surface area contributed by atoms with E-state index < -0.39 is 25.8 Å². The van der Waals surface area contributed by atoms with Crippen molar-refractivity contribution >= 4 is 13.6 Å². The predicted molar refractivity (Wildman–Crippen MR) is 47.3 cm³/mol. The fourth-order valence-electron chi connectivity index (χ4n) is 0.656. The first kappa shape index (κ1) is 12.4. The summed E-state index contributed by atoms with van der Waals surface area (Å²) in [6, 6.07) is 0. The van der Waals surface area contributed by atoms with Gasteiger partial charge in [0.2, 0.25) is 0 Å². The Labute approximate surface area is 76.6 Å². The fraction of sp³-hybridized carbons (Fsp3) is 0.571. The van der Waals surface area contributed by atoms with Crippen molar-refractivity contribution in [3.8, 4) is 0 Å². The van der Waals surface area contributed by atoms with Crippen LogP contribution in [0.4, 0.5) is 0 Å². The van der Waals surface area contributed by atoms with Crippen LogP contribution in [-0.2, 0) is 14.1 Å². The van der Waals surface area contributed by atoms with E-state index in [2.05, 4.69) is 11.3 Å². The Balaban J connectivity index is 4.03. The Morgan fingerprint density at radius 2 is 2.08 bits per heavy atom. The van der Waals surface area contributed by atoms with Crippen LogP contribution in [0.5, 0.6) is 0 Å². The number of hydrogen-bond acceptors (Lipinski definition) is 3. The van der Waals surface area contributed by atoms with Crippen molar-refractivity contribution in [2.24, 2.45) is 0 Å². The quantitative estimate of drug-likeness (QED) is 0.403. The van der Waals surface area contributed by atoms with Gasteiger partial charge in [-0.25, -0.2) is 4.79 Å². The molecule has 0 aromatic rings. The molecule has 0 fully saturated rings. The van der Waals surface area contributed by atoms with Gasteiger partial charge in [-0.2, -0.15) is 0 Å². The summed E-state index contributed by atoms with van der Waals surface area (Å²) in [4.78, 5) is 27.9. The van der Waals surface area contributed by atoms with Crippen LogP contribution in [0.25, 0.3) is 0 Å². The molecule has 76 valence electrons. The lowest BCUT2D eigenvalue weighted by molar-refractivity contribution is -0.142. The van der Waals surface area contributed by atoms with Crippen LogP contribution in [0.1, 0.15) is 13.8 Å². The normalized spacial score (nSPS) is 13.5. The highest BCUT2D eigenvalue weighted by molar-refractivity contribution is 7.51. The Morgan fingerprint density at radius 1 is 1.62 bits per heavy atom. The Kier molecular flexibility index (Phi) is 4.33. The molecule has 2 N–H and O–H groups in total. The van der Waals surface area contributed by atoms with Crippen LogP contribution >= 0.6 is 7.60 Å². The van der Waals surface area contributed by atoms with Gasteiger partial charge in [0.05, 0.1) is 6.16 Å². The maximum absolute atomic E-state index is 10.9. The molecule has 0 heterocycles. The summed E-state index contributed by atoms with van der Waals surface area (Å²) in [5.74, 6) is -0.638. The first-order valence-electron chi connectivity index (χ1n) is 3.63. The number of carbonyl (C=O) groups excluding carboxylic acids is 1. The second kappa shape index (κ2) is 4.56. The zero-order valence-electron chi connectivity index (χ0n) is 7.56. The van der Waals surface area contributed by atoms with Crippen LogP contribution < -0.4 is 0 Å². The lowest BCUT2D eigenvalue weighted by Gasteiger charge is -2.13. The lowest BCUT2D eigenvalue weighted by atomic mass is 10.3. The SMILES string of the molecule is C=C(C)C(=O)OC(C)CP(=O)(O)O. The Hall–Kier alpha value is -0.640. The molecule has 0 spiro atoms. The molecule has 0 aliphatic rings. The molecule has 0 radical (unpaired) electrons. The average Bonchev–Trinajstić information content (AvgIpc) is 1.81. The first-order chi connectivity index (χ1) is 5.72. The van der Waals surface area contributed by atoms with Crippen molar-refractivity contribution in [2.45, 2.75) is 20.0 Å². The van der Waals surface area contributed by atoms with E-state index in [1.165, 1.54) is 13.8 Å². The van der Waals surface area contributed by atoms with Crippen LogP contribution in [-0.4, -0.2) is 28.0 Å². The first-order valence-corrected chi connectivity index (χ1v) is 5.43.